The number of urea groups is 1. The van der Waals surface area contributed by atoms with E-state index in [1.807, 2.05) is 36.4 Å². The van der Waals surface area contributed by atoms with Crippen LogP contribution in [0.4, 0.5) is 10.5 Å². The van der Waals surface area contributed by atoms with Crippen LogP contribution in [0.5, 0.6) is 5.75 Å². The molecule has 2 aromatic carbocycles. The van der Waals surface area contributed by atoms with Crippen molar-refractivity contribution < 1.29 is 9.53 Å². The SMILES string of the molecule is COc1ccc(C2N(c3cccc(C#N)c3)C(=O)N3CCCN23)cc1. The van der Waals surface area contributed by atoms with E-state index in [1.165, 1.54) is 0 Å². The molecule has 25 heavy (non-hydrogen) atoms. The van der Waals surface area contributed by atoms with Gasteiger partial charge in [-0.15, -0.1) is 0 Å². The minimum Gasteiger partial charge on any atom is -0.497 e. The van der Waals surface area contributed by atoms with Crippen LogP contribution in [0, 0.1) is 11.3 Å². The number of fused-ring (bicyclic) bond motifs is 1. The Kier molecular flexibility index (Phi) is 3.79. The second kappa shape index (κ2) is 6.11. The Bertz CT molecular complexity index is 843. The first-order valence-corrected chi connectivity index (χ1v) is 8.24. The summed E-state index contributed by atoms with van der Waals surface area (Å²) in [6.45, 7) is 1.55. The molecule has 2 heterocycles. The molecule has 0 spiro atoms. The van der Waals surface area contributed by atoms with Crippen molar-refractivity contribution in [2.45, 2.75) is 12.6 Å². The molecule has 2 amide bonds. The van der Waals surface area contributed by atoms with Crippen LogP contribution in [0.15, 0.2) is 48.5 Å². The maximum absolute atomic E-state index is 13.0. The number of anilines is 1. The number of benzene rings is 2. The number of hydrazine groups is 1. The summed E-state index contributed by atoms with van der Waals surface area (Å²) in [5.74, 6) is 0.782. The fourth-order valence-electron chi connectivity index (χ4n) is 3.53. The normalized spacial score (nSPS) is 19.8. The first-order valence-electron chi connectivity index (χ1n) is 8.24. The molecule has 2 aliphatic heterocycles. The highest BCUT2D eigenvalue weighted by molar-refractivity contribution is 5.94. The van der Waals surface area contributed by atoms with Gasteiger partial charge in [0, 0.05) is 18.8 Å². The van der Waals surface area contributed by atoms with E-state index in [-0.39, 0.29) is 12.2 Å². The van der Waals surface area contributed by atoms with Gasteiger partial charge in [0.15, 0.2) is 0 Å². The summed E-state index contributed by atoms with van der Waals surface area (Å²) >= 11 is 0. The van der Waals surface area contributed by atoms with Crippen molar-refractivity contribution in [2.75, 3.05) is 25.1 Å². The van der Waals surface area contributed by atoms with E-state index in [9.17, 15) is 10.1 Å². The molecule has 0 radical (unpaired) electrons. The Morgan fingerprint density at radius 2 is 1.96 bits per heavy atom. The maximum atomic E-state index is 13.0. The molecule has 2 aliphatic rings. The largest absolute Gasteiger partial charge is 0.497 e. The average Bonchev–Trinajstić information content (AvgIpc) is 3.24. The quantitative estimate of drug-likeness (QED) is 0.865. The lowest BCUT2D eigenvalue weighted by atomic mass is 10.1. The van der Waals surface area contributed by atoms with Gasteiger partial charge in [0.05, 0.1) is 18.7 Å². The van der Waals surface area contributed by atoms with Crippen LogP contribution >= 0.6 is 0 Å². The zero-order valence-electron chi connectivity index (χ0n) is 13.9. The second-order valence-corrected chi connectivity index (χ2v) is 6.10. The molecule has 6 heteroatoms. The van der Waals surface area contributed by atoms with Crippen molar-refractivity contribution in [3.05, 3.63) is 59.7 Å². The smallest absolute Gasteiger partial charge is 0.340 e. The lowest BCUT2D eigenvalue weighted by molar-refractivity contribution is 0.0727. The average molecular weight is 334 g/mol. The van der Waals surface area contributed by atoms with E-state index in [0.717, 1.165) is 36.5 Å². The highest BCUT2D eigenvalue weighted by atomic mass is 16.5. The fraction of sp³-hybridized carbons (Fsp3) is 0.263. The number of hydrogen-bond donors (Lipinski definition) is 0. The Balaban J connectivity index is 1.79. The highest BCUT2D eigenvalue weighted by Crippen LogP contribution is 2.40. The van der Waals surface area contributed by atoms with Gasteiger partial charge in [-0.05, 0) is 42.3 Å². The van der Waals surface area contributed by atoms with Gasteiger partial charge in [-0.3, -0.25) is 9.91 Å². The monoisotopic (exact) mass is 334 g/mol. The van der Waals surface area contributed by atoms with Crippen molar-refractivity contribution in [3.63, 3.8) is 0 Å². The van der Waals surface area contributed by atoms with Crippen molar-refractivity contribution >= 4 is 11.7 Å². The third-order valence-electron chi connectivity index (χ3n) is 4.69. The van der Waals surface area contributed by atoms with Crippen LogP contribution in [-0.2, 0) is 0 Å². The highest BCUT2D eigenvalue weighted by Gasteiger charge is 2.47. The molecule has 126 valence electrons. The molecule has 6 nitrogen and oxygen atoms in total. The number of nitriles is 1. The topological polar surface area (TPSA) is 59.8 Å². The molecule has 0 aliphatic carbocycles. The molecule has 1 atom stereocenters. The lowest BCUT2D eigenvalue weighted by Gasteiger charge is -2.28. The predicted molar refractivity (Wildman–Crippen MR) is 92.8 cm³/mol. The Morgan fingerprint density at radius 3 is 2.68 bits per heavy atom. The van der Waals surface area contributed by atoms with E-state index < -0.39 is 0 Å². The lowest BCUT2D eigenvalue weighted by Crippen LogP contribution is -2.32. The molecule has 0 aromatic heterocycles. The molecule has 4 rings (SSSR count). The van der Waals surface area contributed by atoms with E-state index >= 15 is 0 Å². The summed E-state index contributed by atoms with van der Waals surface area (Å²) in [6, 6.07) is 17.1. The number of hydrogen-bond acceptors (Lipinski definition) is 4. The van der Waals surface area contributed by atoms with Crippen LogP contribution in [0.2, 0.25) is 0 Å². The van der Waals surface area contributed by atoms with Gasteiger partial charge in [-0.2, -0.15) is 10.3 Å². The van der Waals surface area contributed by atoms with Crippen molar-refractivity contribution in [1.82, 2.24) is 10.0 Å². The van der Waals surface area contributed by atoms with E-state index in [0.29, 0.717) is 5.56 Å². The number of amides is 2. The van der Waals surface area contributed by atoms with Crippen molar-refractivity contribution in [2.24, 2.45) is 0 Å². The van der Waals surface area contributed by atoms with Gasteiger partial charge in [0.2, 0.25) is 0 Å². The van der Waals surface area contributed by atoms with Gasteiger partial charge >= 0.3 is 6.03 Å². The standard InChI is InChI=1S/C19H18N4O2/c1-25-17-8-6-15(7-9-17)18-21-10-3-11-22(21)19(24)23(18)16-5-2-4-14(12-16)13-20/h2,4-9,12,18H,3,10-11H2,1H3. The fourth-order valence-corrected chi connectivity index (χ4v) is 3.53. The number of carbonyl (C=O) groups is 1. The van der Waals surface area contributed by atoms with Crippen LogP contribution in [0.25, 0.3) is 0 Å². The van der Waals surface area contributed by atoms with E-state index in [1.54, 1.807) is 29.2 Å². The molecule has 0 saturated carbocycles. The molecule has 2 fully saturated rings. The molecular formula is C19H18N4O2. The molecule has 0 bridgehead atoms. The molecule has 1 unspecified atom stereocenters. The number of methoxy groups -OCH3 is 1. The Morgan fingerprint density at radius 1 is 1.16 bits per heavy atom. The zero-order valence-corrected chi connectivity index (χ0v) is 13.9. The Labute approximate surface area is 146 Å². The van der Waals surface area contributed by atoms with Gasteiger partial charge in [-0.25, -0.2) is 4.79 Å². The van der Waals surface area contributed by atoms with E-state index in [4.69, 9.17) is 4.74 Å². The van der Waals surface area contributed by atoms with Gasteiger partial charge < -0.3 is 4.74 Å². The number of rotatable bonds is 3. The summed E-state index contributed by atoms with van der Waals surface area (Å²) in [5, 5.41) is 13.1. The molecule has 2 saturated heterocycles. The van der Waals surface area contributed by atoms with Crippen LogP contribution in [0.1, 0.15) is 23.7 Å². The van der Waals surface area contributed by atoms with E-state index in [2.05, 4.69) is 11.1 Å². The van der Waals surface area contributed by atoms with Gasteiger partial charge in [-0.1, -0.05) is 18.2 Å². The summed E-state index contributed by atoms with van der Waals surface area (Å²) in [7, 11) is 1.63. The van der Waals surface area contributed by atoms with Crippen molar-refractivity contribution in [3.8, 4) is 11.8 Å². The predicted octanol–water partition coefficient (Wildman–Crippen LogP) is 3.13. The van der Waals surface area contributed by atoms with Crippen LogP contribution in [-0.4, -0.2) is 36.2 Å². The van der Waals surface area contributed by atoms with Crippen LogP contribution in [0.3, 0.4) is 0 Å². The summed E-state index contributed by atoms with van der Waals surface area (Å²) in [5.41, 5.74) is 2.29. The zero-order chi connectivity index (χ0) is 17.4. The molecular weight excluding hydrogens is 316 g/mol. The minimum absolute atomic E-state index is 0.0478. The first-order chi connectivity index (χ1) is 12.2. The summed E-state index contributed by atoms with van der Waals surface area (Å²) in [6.07, 6.45) is 0.750. The maximum Gasteiger partial charge on any atom is 0.340 e. The van der Waals surface area contributed by atoms with Crippen molar-refractivity contribution in [1.29, 1.82) is 5.26 Å². The molecule has 0 N–H and O–H groups in total. The first kappa shape index (κ1) is 15.5. The third-order valence-corrected chi connectivity index (χ3v) is 4.69. The number of nitrogens with zero attached hydrogens (tertiary/aromatic N) is 4. The van der Waals surface area contributed by atoms with Crippen LogP contribution < -0.4 is 9.64 Å². The minimum atomic E-state index is -0.213. The van der Waals surface area contributed by atoms with Gasteiger partial charge in [0.25, 0.3) is 0 Å². The summed E-state index contributed by atoms with van der Waals surface area (Å²) in [4.78, 5) is 14.8. The second-order valence-electron chi connectivity index (χ2n) is 6.10. The summed E-state index contributed by atoms with van der Waals surface area (Å²) < 4.78 is 5.24. The number of ether oxygens (including phenoxy) is 1. The molecule has 2 aromatic rings. The van der Waals surface area contributed by atoms with Gasteiger partial charge in [0.1, 0.15) is 11.9 Å². The third kappa shape index (κ3) is 2.49. The Hall–Kier alpha value is -3.04. The number of carbonyl (C=O) groups excluding carboxylic acids is 1.